The van der Waals surface area contributed by atoms with E-state index >= 15 is 0 Å². The van der Waals surface area contributed by atoms with E-state index in [9.17, 15) is 0 Å². The Kier molecular flexibility index (Phi) is 3.80. The largest absolute Gasteiger partial charge is 0.314 e. The minimum Gasteiger partial charge on any atom is -0.314 e. The maximum Gasteiger partial charge on any atom is 0.0537 e. The van der Waals surface area contributed by atoms with Gasteiger partial charge < -0.3 is 5.32 Å². The van der Waals surface area contributed by atoms with Crippen LogP contribution < -0.4 is 5.32 Å². The zero-order valence-electron chi connectivity index (χ0n) is 12.1. The van der Waals surface area contributed by atoms with Gasteiger partial charge in [0.25, 0.3) is 0 Å². The third-order valence-corrected chi connectivity index (χ3v) is 4.16. The average molecular weight is 271 g/mol. The minimum absolute atomic E-state index is 0.409. The smallest absolute Gasteiger partial charge is 0.0537 e. The summed E-state index contributed by atoms with van der Waals surface area (Å²) in [6.45, 7) is 6.17. The van der Waals surface area contributed by atoms with Gasteiger partial charge in [0.15, 0.2) is 0 Å². The highest BCUT2D eigenvalue weighted by molar-refractivity contribution is 5.20. The molecule has 1 aliphatic heterocycles. The molecule has 0 bridgehead atoms. The van der Waals surface area contributed by atoms with E-state index in [-0.39, 0.29) is 0 Å². The molecule has 3 heterocycles. The first-order valence-corrected chi connectivity index (χ1v) is 7.08. The summed E-state index contributed by atoms with van der Waals surface area (Å²) in [5.74, 6) is 0. The summed E-state index contributed by atoms with van der Waals surface area (Å²) in [6, 6.07) is 4.63. The topological polar surface area (TPSA) is 46.0 Å². The van der Waals surface area contributed by atoms with E-state index in [2.05, 4.69) is 39.4 Å². The van der Waals surface area contributed by atoms with Crippen molar-refractivity contribution in [3.8, 4) is 0 Å². The van der Waals surface area contributed by atoms with Gasteiger partial charge in [-0.1, -0.05) is 0 Å². The molecule has 106 valence electrons. The van der Waals surface area contributed by atoms with E-state index in [1.165, 1.54) is 16.8 Å². The van der Waals surface area contributed by atoms with Gasteiger partial charge in [0.1, 0.15) is 0 Å². The van der Waals surface area contributed by atoms with Crippen molar-refractivity contribution < 1.29 is 0 Å². The lowest BCUT2D eigenvalue weighted by Gasteiger charge is -2.36. The zero-order valence-corrected chi connectivity index (χ0v) is 12.1. The van der Waals surface area contributed by atoms with Gasteiger partial charge in [0.2, 0.25) is 0 Å². The van der Waals surface area contributed by atoms with Crippen molar-refractivity contribution in [2.24, 2.45) is 7.05 Å². The molecule has 2 aromatic rings. The molecule has 2 aromatic heterocycles. The second-order valence-corrected chi connectivity index (χ2v) is 5.35. The van der Waals surface area contributed by atoms with Crippen molar-refractivity contribution in [2.75, 3.05) is 19.6 Å². The Morgan fingerprint density at radius 2 is 2.15 bits per heavy atom. The number of pyridine rings is 1. The van der Waals surface area contributed by atoms with Crippen LogP contribution in [0.4, 0.5) is 0 Å². The Morgan fingerprint density at radius 3 is 2.85 bits per heavy atom. The fraction of sp³-hybridized carbons (Fsp3) is 0.467. The predicted octanol–water partition coefficient (Wildman–Crippen LogP) is 1.27. The molecule has 0 aliphatic carbocycles. The highest BCUT2D eigenvalue weighted by Gasteiger charge is 2.24. The molecular weight excluding hydrogens is 250 g/mol. The quantitative estimate of drug-likeness (QED) is 0.913. The zero-order chi connectivity index (χ0) is 13.9. The predicted molar refractivity (Wildman–Crippen MR) is 78.2 cm³/mol. The van der Waals surface area contributed by atoms with Crippen LogP contribution in [0, 0.1) is 6.92 Å². The number of piperazine rings is 1. The van der Waals surface area contributed by atoms with Crippen molar-refractivity contribution in [3.63, 3.8) is 0 Å². The van der Waals surface area contributed by atoms with Gasteiger partial charge in [0, 0.05) is 62.9 Å². The molecule has 0 aromatic carbocycles. The highest BCUT2D eigenvalue weighted by Crippen LogP contribution is 2.24. The van der Waals surface area contributed by atoms with Crippen LogP contribution in [-0.2, 0) is 13.6 Å². The van der Waals surface area contributed by atoms with E-state index in [0.29, 0.717) is 6.04 Å². The Hall–Kier alpha value is -1.72. The molecule has 3 rings (SSSR count). The number of nitrogens with one attached hydrogen (secondary N) is 1. The van der Waals surface area contributed by atoms with Gasteiger partial charge >= 0.3 is 0 Å². The summed E-state index contributed by atoms with van der Waals surface area (Å²) in [5.41, 5.74) is 3.89. The Balaban J connectivity index is 1.81. The lowest BCUT2D eigenvalue weighted by Crippen LogP contribution is -2.45. The number of hydrogen-bond acceptors (Lipinski definition) is 4. The third kappa shape index (κ3) is 2.59. The van der Waals surface area contributed by atoms with Crippen molar-refractivity contribution in [2.45, 2.75) is 19.5 Å². The minimum atomic E-state index is 0.409. The van der Waals surface area contributed by atoms with Crippen LogP contribution in [0.15, 0.2) is 30.7 Å². The standard InChI is InChI=1S/C15H21N5/c1-12-14(9-18-19(12)2)11-20-8-7-17-10-15(20)13-3-5-16-6-4-13/h3-6,9,15,17H,7-8,10-11H2,1-2H3. The fourth-order valence-electron chi connectivity index (χ4n) is 2.77. The molecule has 0 saturated carbocycles. The number of aromatic nitrogens is 3. The number of hydrogen-bond donors (Lipinski definition) is 1. The first kappa shape index (κ1) is 13.3. The average Bonchev–Trinajstić information content (AvgIpc) is 2.81. The van der Waals surface area contributed by atoms with Crippen molar-refractivity contribution >= 4 is 0 Å². The van der Waals surface area contributed by atoms with E-state index in [0.717, 1.165) is 26.2 Å². The molecule has 1 N–H and O–H groups in total. The summed E-state index contributed by atoms with van der Waals surface area (Å²) >= 11 is 0. The maximum absolute atomic E-state index is 4.34. The Morgan fingerprint density at radius 1 is 1.35 bits per heavy atom. The second kappa shape index (κ2) is 5.73. The highest BCUT2D eigenvalue weighted by atomic mass is 15.3. The molecule has 0 radical (unpaired) electrons. The van der Waals surface area contributed by atoms with Crippen molar-refractivity contribution in [1.29, 1.82) is 0 Å². The second-order valence-electron chi connectivity index (χ2n) is 5.35. The maximum atomic E-state index is 4.34. The van der Waals surface area contributed by atoms with Crippen LogP contribution in [0.25, 0.3) is 0 Å². The lowest BCUT2D eigenvalue weighted by atomic mass is 10.0. The van der Waals surface area contributed by atoms with Gasteiger partial charge in [-0.05, 0) is 24.6 Å². The lowest BCUT2D eigenvalue weighted by molar-refractivity contribution is 0.153. The first-order valence-electron chi connectivity index (χ1n) is 7.08. The number of aryl methyl sites for hydroxylation is 1. The van der Waals surface area contributed by atoms with Gasteiger partial charge in [-0.25, -0.2) is 0 Å². The molecular formula is C15H21N5. The molecule has 1 saturated heterocycles. The molecule has 0 amide bonds. The van der Waals surface area contributed by atoms with E-state index in [4.69, 9.17) is 0 Å². The molecule has 1 aliphatic rings. The van der Waals surface area contributed by atoms with Gasteiger partial charge in [0.05, 0.1) is 6.20 Å². The molecule has 1 unspecified atom stereocenters. The summed E-state index contributed by atoms with van der Waals surface area (Å²) in [7, 11) is 2.00. The van der Waals surface area contributed by atoms with E-state index in [1.807, 2.05) is 30.3 Å². The molecule has 20 heavy (non-hydrogen) atoms. The van der Waals surface area contributed by atoms with Crippen LogP contribution >= 0.6 is 0 Å². The molecule has 0 spiro atoms. The van der Waals surface area contributed by atoms with Gasteiger partial charge in [-0.3, -0.25) is 14.6 Å². The summed E-state index contributed by atoms with van der Waals surface area (Å²) in [6.07, 6.45) is 5.73. The van der Waals surface area contributed by atoms with Gasteiger partial charge in [-0.15, -0.1) is 0 Å². The Labute approximate surface area is 119 Å². The van der Waals surface area contributed by atoms with Crippen LogP contribution in [0.2, 0.25) is 0 Å². The SMILES string of the molecule is Cc1c(CN2CCNCC2c2ccncc2)cnn1C. The van der Waals surface area contributed by atoms with Crippen LogP contribution in [0.1, 0.15) is 22.9 Å². The van der Waals surface area contributed by atoms with Crippen molar-refractivity contribution in [1.82, 2.24) is 25.0 Å². The van der Waals surface area contributed by atoms with Gasteiger partial charge in [-0.2, -0.15) is 5.10 Å². The molecule has 5 heteroatoms. The Bertz CT molecular complexity index is 563. The molecule has 1 fully saturated rings. The normalized spacial score (nSPS) is 20.2. The number of rotatable bonds is 3. The summed E-state index contributed by atoms with van der Waals surface area (Å²) in [4.78, 5) is 6.64. The summed E-state index contributed by atoms with van der Waals surface area (Å²) in [5, 5.41) is 7.83. The van der Waals surface area contributed by atoms with Crippen LogP contribution in [0.5, 0.6) is 0 Å². The van der Waals surface area contributed by atoms with E-state index < -0.39 is 0 Å². The van der Waals surface area contributed by atoms with Crippen LogP contribution in [0.3, 0.4) is 0 Å². The molecule has 5 nitrogen and oxygen atoms in total. The fourth-order valence-corrected chi connectivity index (χ4v) is 2.77. The first-order chi connectivity index (χ1) is 9.75. The summed E-state index contributed by atoms with van der Waals surface area (Å²) < 4.78 is 1.94. The number of nitrogens with zero attached hydrogens (tertiary/aromatic N) is 4. The van der Waals surface area contributed by atoms with Crippen molar-refractivity contribution in [3.05, 3.63) is 47.5 Å². The monoisotopic (exact) mass is 271 g/mol. The van der Waals surface area contributed by atoms with Crippen LogP contribution in [-0.4, -0.2) is 39.3 Å². The third-order valence-electron chi connectivity index (χ3n) is 4.16. The molecule has 1 atom stereocenters. The van der Waals surface area contributed by atoms with E-state index in [1.54, 1.807) is 0 Å².